The van der Waals surface area contributed by atoms with Gasteiger partial charge in [0.1, 0.15) is 5.82 Å². The third-order valence-electron chi connectivity index (χ3n) is 3.57. The molecule has 4 nitrogen and oxygen atoms in total. The molecule has 1 aromatic carbocycles. The summed E-state index contributed by atoms with van der Waals surface area (Å²) >= 11 is 0. The quantitative estimate of drug-likeness (QED) is 0.849. The maximum Gasteiger partial charge on any atom is 0.246 e. The van der Waals surface area contributed by atoms with Crippen LogP contribution in [0.4, 0.5) is 4.39 Å². The molecule has 1 saturated heterocycles. The Labute approximate surface area is 118 Å². The summed E-state index contributed by atoms with van der Waals surface area (Å²) in [5.41, 5.74) is 0.887. The van der Waals surface area contributed by atoms with Crippen LogP contribution in [0.5, 0.6) is 0 Å². The Balaban J connectivity index is 1.93. The molecule has 1 aromatic rings. The molecule has 20 heavy (non-hydrogen) atoms. The van der Waals surface area contributed by atoms with Gasteiger partial charge in [0.25, 0.3) is 0 Å². The molecule has 1 N–H and O–H groups in total. The summed E-state index contributed by atoms with van der Waals surface area (Å²) in [6, 6.07) is 6.15. The molecule has 2 atom stereocenters. The molecule has 0 saturated carbocycles. The van der Waals surface area contributed by atoms with Gasteiger partial charge in [-0.05, 0) is 37.5 Å². The van der Waals surface area contributed by atoms with E-state index in [1.807, 2.05) is 13.0 Å². The minimum Gasteiger partial charge on any atom is -0.303 e. The number of nitrogens with zero attached hydrogens (tertiary/aromatic N) is 1. The number of halogens is 1. The molecule has 2 rings (SSSR count). The van der Waals surface area contributed by atoms with Gasteiger partial charge in [0.05, 0.1) is 6.04 Å². The molecule has 2 amide bonds. The first-order valence-electron chi connectivity index (χ1n) is 6.78. The van der Waals surface area contributed by atoms with E-state index in [0.717, 1.165) is 5.56 Å². The zero-order valence-corrected chi connectivity index (χ0v) is 11.7. The van der Waals surface area contributed by atoms with Crippen molar-refractivity contribution < 1.29 is 14.0 Å². The number of hydrogen-bond donors (Lipinski definition) is 1. The van der Waals surface area contributed by atoms with Crippen LogP contribution in [0, 0.1) is 5.82 Å². The number of nitrogens with one attached hydrogen (secondary N) is 1. The fraction of sp³-hybridized carbons (Fsp3) is 0.467. The number of hydrogen-bond acceptors (Lipinski definition) is 3. The Bertz CT molecular complexity index is 518. The van der Waals surface area contributed by atoms with Crippen LogP contribution in [0.3, 0.4) is 0 Å². The fourth-order valence-electron chi connectivity index (χ4n) is 2.49. The molecule has 0 radical (unpaired) electrons. The third-order valence-corrected chi connectivity index (χ3v) is 3.57. The van der Waals surface area contributed by atoms with Crippen LogP contribution in [0.1, 0.15) is 25.3 Å². The maximum atomic E-state index is 13.1. The summed E-state index contributed by atoms with van der Waals surface area (Å²) in [7, 11) is 1.51. The van der Waals surface area contributed by atoms with Crippen molar-refractivity contribution in [2.45, 2.75) is 38.3 Å². The fourth-order valence-corrected chi connectivity index (χ4v) is 2.49. The van der Waals surface area contributed by atoms with E-state index in [1.54, 1.807) is 6.07 Å². The van der Waals surface area contributed by atoms with Gasteiger partial charge in [0.2, 0.25) is 11.8 Å². The first kappa shape index (κ1) is 14.7. The smallest absolute Gasteiger partial charge is 0.246 e. The second-order valence-corrected chi connectivity index (χ2v) is 5.28. The van der Waals surface area contributed by atoms with Crippen LogP contribution in [0.2, 0.25) is 0 Å². The molecule has 1 aliphatic heterocycles. The van der Waals surface area contributed by atoms with E-state index in [-0.39, 0.29) is 29.7 Å². The maximum absolute atomic E-state index is 13.1. The Morgan fingerprint density at radius 1 is 1.45 bits per heavy atom. The lowest BCUT2D eigenvalue weighted by Crippen LogP contribution is -2.53. The summed E-state index contributed by atoms with van der Waals surface area (Å²) in [6.45, 7) is 1.95. The average molecular weight is 278 g/mol. The molecule has 5 heteroatoms. The molecule has 1 aliphatic rings. The van der Waals surface area contributed by atoms with Crippen molar-refractivity contribution in [2.24, 2.45) is 0 Å². The zero-order valence-electron chi connectivity index (χ0n) is 11.7. The number of likely N-dealkylation sites (tertiary alicyclic amines) is 1. The minimum absolute atomic E-state index is 0.0346. The van der Waals surface area contributed by atoms with Crippen molar-refractivity contribution in [1.82, 2.24) is 10.2 Å². The van der Waals surface area contributed by atoms with E-state index in [1.165, 1.54) is 24.1 Å². The van der Waals surface area contributed by atoms with Crippen molar-refractivity contribution in [3.63, 3.8) is 0 Å². The summed E-state index contributed by atoms with van der Waals surface area (Å²) in [5, 5.41) is 3.22. The lowest BCUT2D eigenvalue weighted by atomic mass is 10.0. The standard InChI is InChI=1S/C15H19FN2O2/c1-10(8-11-4-3-5-12(16)9-11)17-13-6-7-14(19)18(2)15(13)20/h3-5,9-10,13,17H,6-8H2,1-2H3. The number of rotatable bonds is 4. The lowest BCUT2D eigenvalue weighted by Gasteiger charge is -2.30. The van der Waals surface area contributed by atoms with E-state index in [2.05, 4.69) is 5.32 Å². The van der Waals surface area contributed by atoms with Gasteiger partial charge >= 0.3 is 0 Å². The molecular weight excluding hydrogens is 259 g/mol. The van der Waals surface area contributed by atoms with Gasteiger partial charge < -0.3 is 5.32 Å². The van der Waals surface area contributed by atoms with Crippen LogP contribution in [-0.2, 0) is 16.0 Å². The van der Waals surface area contributed by atoms with Gasteiger partial charge in [-0.3, -0.25) is 14.5 Å². The SMILES string of the molecule is CC(Cc1cccc(F)c1)NC1CCC(=O)N(C)C1=O. The van der Waals surface area contributed by atoms with E-state index in [4.69, 9.17) is 0 Å². The summed E-state index contributed by atoms with van der Waals surface area (Å²) < 4.78 is 13.1. The summed E-state index contributed by atoms with van der Waals surface area (Å²) in [6.07, 6.45) is 1.54. The molecule has 1 heterocycles. The highest BCUT2D eigenvalue weighted by atomic mass is 19.1. The number of carbonyl (C=O) groups excluding carboxylic acids is 2. The Kier molecular flexibility index (Phi) is 4.49. The number of carbonyl (C=O) groups is 2. The Hall–Kier alpha value is -1.75. The van der Waals surface area contributed by atoms with Crippen LogP contribution in [0.25, 0.3) is 0 Å². The first-order chi connectivity index (χ1) is 9.47. The van der Waals surface area contributed by atoms with Gasteiger partial charge in [-0.2, -0.15) is 0 Å². The normalized spacial score (nSPS) is 21.1. The summed E-state index contributed by atoms with van der Waals surface area (Å²) in [5.74, 6) is -0.577. The van der Waals surface area contributed by atoms with E-state index in [9.17, 15) is 14.0 Å². The van der Waals surface area contributed by atoms with Crippen LogP contribution < -0.4 is 5.32 Å². The Morgan fingerprint density at radius 3 is 2.90 bits per heavy atom. The highest BCUT2D eigenvalue weighted by molar-refractivity contribution is 6.00. The predicted octanol–water partition coefficient (Wildman–Crippen LogP) is 1.49. The molecule has 0 bridgehead atoms. The third kappa shape index (κ3) is 3.42. The van der Waals surface area contributed by atoms with Crippen molar-refractivity contribution >= 4 is 11.8 Å². The highest BCUT2D eigenvalue weighted by Crippen LogP contribution is 2.13. The lowest BCUT2D eigenvalue weighted by molar-refractivity contribution is -0.148. The minimum atomic E-state index is -0.332. The largest absolute Gasteiger partial charge is 0.303 e. The van der Waals surface area contributed by atoms with Gasteiger partial charge in [0, 0.05) is 19.5 Å². The average Bonchev–Trinajstić information content (AvgIpc) is 2.39. The van der Waals surface area contributed by atoms with E-state index >= 15 is 0 Å². The molecule has 2 unspecified atom stereocenters. The van der Waals surface area contributed by atoms with Crippen molar-refractivity contribution in [3.8, 4) is 0 Å². The van der Waals surface area contributed by atoms with Gasteiger partial charge in [-0.15, -0.1) is 0 Å². The van der Waals surface area contributed by atoms with Gasteiger partial charge in [-0.1, -0.05) is 12.1 Å². The monoisotopic (exact) mass is 278 g/mol. The number of benzene rings is 1. The molecule has 108 valence electrons. The van der Waals surface area contributed by atoms with E-state index in [0.29, 0.717) is 19.3 Å². The molecular formula is C15H19FN2O2. The predicted molar refractivity (Wildman–Crippen MR) is 73.5 cm³/mol. The molecule has 1 fully saturated rings. The molecule has 0 spiro atoms. The number of imide groups is 1. The van der Waals surface area contributed by atoms with Crippen molar-refractivity contribution in [1.29, 1.82) is 0 Å². The topological polar surface area (TPSA) is 49.4 Å². The van der Waals surface area contributed by atoms with Crippen LogP contribution in [0.15, 0.2) is 24.3 Å². The van der Waals surface area contributed by atoms with Crippen molar-refractivity contribution in [2.75, 3.05) is 7.05 Å². The highest BCUT2D eigenvalue weighted by Gasteiger charge is 2.32. The molecule has 0 aliphatic carbocycles. The first-order valence-corrected chi connectivity index (χ1v) is 6.78. The second-order valence-electron chi connectivity index (χ2n) is 5.28. The number of piperidine rings is 1. The van der Waals surface area contributed by atoms with Crippen LogP contribution >= 0.6 is 0 Å². The van der Waals surface area contributed by atoms with Gasteiger partial charge in [-0.25, -0.2) is 4.39 Å². The number of likely N-dealkylation sites (N-methyl/N-ethyl adjacent to an activating group) is 1. The Morgan fingerprint density at radius 2 is 2.20 bits per heavy atom. The number of amides is 2. The van der Waals surface area contributed by atoms with Crippen LogP contribution in [-0.4, -0.2) is 35.8 Å². The van der Waals surface area contributed by atoms with Crippen molar-refractivity contribution in [3.05, 3.63) is 35.6 Å². The zero-order chi connectivity index (χ0) is 14.7. The van der Waals surface area contributed by atoms with E-state index < -0.39 is 0 Å². The van der Waals surface area contributed by atoms with Gasteiger partial charge in [0.15, 0.2) is 0 Å². The summed E-state index contributed by atoms with van der Waals surface area (Å²) in [4.78, 5) is 24.5. The second kappa shape index (κ2) is 6.13. The molecule has 0 aromatic heterocycles.